The number of piperidine rings is 2. The quantitative estimate of drug-likeness (QED) is 0.556. The van der Waals surface area contributed by atoms with Crippen LogP contribution in [0.25, 0.3) is 0 Å². The van der Waals surface area contributed by atoms with Crippen LogP contribution in [0, 0.1) is 11.8 Å². The molecule has 0 saturated carbocycles. The standard InChI is InChI=1S/C19H36N4O2.2ClH/c1-3-8-21-19(25)14-23-10-6-17(7-11-23)22-18(24)12-15(2)16-5-4-9-20-13-16;;/h15-17,20H,3-14H2,1-2H3,(H,21,25)(H,22,24);2*1H. The first-order valence-electron chi connectivity index (χ1n) is 10.1. The van der Waals surface area contributed by atoms with Gasteiger partial charge in [-0.05, 0) is 57.0 Å². The maximum Gasteiger partial charge on any atom is 0.234 e. The predicted molar refractivity (Wildman–Crippen MR) is 115 cm³/mol. The lowest BCUT2D eigenvalue weighted by molar-refractivity contribution is -0.124. The van der Waals surface area contributed by atoms with E-state index in [1.165, 1.54) is 12.8 Å². The lowest BCUT2D eigenvalue weighted by atomic mass is 9.85. The summed E-state index contributed by atoms with van der Waals surface area (Å²) in [4.78, 5) is 26.3. The second-order valence-electron chi connectivity index (χ2n) is 7.76. The number of carbonyl (C=O) groups excluding carboxylic acids is 2. The van der Waals surface area contributed by atoms with Crippen molar-refractivity contribution in [2.75, 3.05) is 39.3 Å². The van der Waals surface area contributed by atoms with E-state index < -0.39 is 0 Å². The zero-order valence-corrected chi connectivity index (χ0v) is 18.4. The number of hydrogen-bond acceptors (Lipinski definition) is 4. The Morgan fingerprint density at radius 3 is 2.44 bits per heavy atom. The molecule has 2 saturated heterocycles. The molecule has 2 aliphatic heterocycles. The van der Waals surface area contributed by atoms with E-state index in [2.05, 4.69) is 34.7 Å². The summed E-state index contributed by atoms with van der Waals surface area (Å²) in [6.07, 6.45) is 5.93. The molecule has 2 fully saturated rings. The topological polar surface area (TPSA) is 73.5 Å². The summed E-state index contributed by atoms with van der Waals surface area (Å²) >= 11 is 0. The number of likely N-dealkylation sites (tertiary alicyclic amines) is 1. The number of nitrogens with one attached hydrogen (secondary N) is 3. The normalized spacial score (nSPS) is 22.1. The monoisotopic (exact) mass is 424 g/mol. The van der Waals surface area contributed by atoms with Crippen molar-refractivity contribution >= 4 is 36.6 Å². The highest BCUT2D eigenvalue weighted by Gasteiger charge is 2.25. The number of carbonyl (C=O) groups is 2. The molecule has 27 heavy (non-hydrogen) atoms. The molecule has 0 aromatic heterocycles. The van der Waals surface area contributed by atoms with E-state index >= 15 is 0 Å². The summed E-state index contributed by atoms with van der Waals surface area (Å²) in [5, 5.41) is 9.56. The highest BCUT2D eigenvalue weighted by molar-refractivity contribution is 5.85. The van der Waals surface area contributed by atoms with Crippen molar-refractivity contribution in [2.45, 2.75) is 58.4 Å². The summed E-state index contributed by atoms with van der Waals surface area (Å²) in [5.41, 5.74) is 0. The molecule has 8 heteroatoms. The van der Waals surface area contributed by atoms with E-state index in [0.29, 0.717) is 24.8 Å². The number of nitrogens with zero attached hydrogens (tertiary/aromatic N) is 1. The molecule has 2 atom stereocenters. The lowest BCUT2D eigenvalue weighted by Gasteiger charge is -2.32. The van der Waals surface area contributed by atoms with Crippen molar-refractivity contribution in [3.8, 4) is 0 Å². The van der Waals surface area contributed by atoms with E-state index in [-0.39, 0.29) is 42.7 Å². The molecule has 2 aliphatic rings. The van der Waals surface area contributed by atoms with E-state index in [1.54, 1.807) is 0 Å². The van der Waals surface area contributed by atoms with Crippen LogP contribution >= 0.6 is 24.8 Å². The van der Waals surface area contributed by atoms with Crippen molar-refractivity contribution in [2.24, 2.45) is 11.8 Å². The Balaban J connectivity index is 0.00000338. The largest absolute Gasteiger partial charge is 0.355 e. The van der Waals surface area contributed by atoms with E-state index in [0.717, 1.165) is 52.0 Å². The van der Waals surface area contributed by atoms with Gasteiger partial charge in [0.05, 0.1) is 6.54 Å². The molecule has 160 valence electrons. The van der Waals surface area contributed by atoms with Gasteiger partial charge in [0.1, 0.15) is 0 Å². The molecule has 0 bridgehead atoms. The van der Waals surface area contributed by atoms with Crippen LogP contribution < -0.4 is 16.0 Å². The van der Waals surface area contributed by atoms with Gasteiger partial charge in [-0.25, -0.2) is 0 Å². The molecule has 0 aliphatic carbocycles. The Morgan fingerprint density at radius 2 is 1.85 bits per heavy atom. The van der Waals surface area contributed by atoms with Crippen LogP contribution in [-0.4, -0.2) is 62.0 Å². The van der Waals surface area contributed by atoms with Gasteiger partial charge >= 0.3 is 0 Å². The highest BCUT2D eigenvalue weighted by Crippen LogP contribution is 2.22. The third-order valence-corrected chi connectivity index (χ3v) is 5.54. The third kappa shape index (κ3) is 9.97. The summed E-state index contributed by atoms with van der Waals surface area (Å²) < 4.78 is 0. The van der Waals surface area contributed by atoms with Crippen molar-refractivity contribution in [3.63, 3.8) is 0 Å². The van der Waals surface area contributed by atoms with Crippen molar-refractivity contribution < 1.29 is 9.59 Å². The van der Waals surface area contributed by atoms with Gasteiger partial charge in [-0.2, -0.15) is 0 Å². The zero-order valence-electron chi connectivity index (χ0n) is 16.8. The molecule has 2 amide bonds. The molecular weight excluding hydrogens is 387 g/mol. The fourth-order valence-corrected chi connectivity index (χ4v) is 3.87. The Labute approximate surface area is 176 Å². The molecule has 2 heterocycles. The lowest BCUT2D eigenvalue weighted by Crippen LogP contribution is -2.47. The Morgan fingerprint density at radius 1 is 1.15 bits per heavy atom. The first kappa shape index (κ1) is 26.4. The average Bonchev–Trinajstić information content (AvgIpc) is 2.62. The molecule has 0 spiro atoms. The maximum atomic E-state index is 12.3. The molecule has 0 aromatic rings. The van der Waals surface area contributed by atoms with Crippen LogP contribution in [-0.2, 0) is 9.59 Å². The summed E-state index contributed by atoms with van der Waals surface area (Å²) in [7, 11) is 0. The minimum atomic E-state index is 0. The Hall–Kier alpha value is -0.560. The first-order chi connectivity index (χ1) is 12.1. The van der Waals surface area contributed by atoms with Crippen LogP contribution in [0.2, 0.25) is 0 Å². The van der Waals surface area contributed by atoms with Crippen LogP contribution in [0.5, 0.6) is 0 Å². The summed E-state index contributed by atoms with van der Waals surface area (Å²) in [6.45, 7) is 9.41. The van der Waals surface area contributed by atoms with Crippen molar-refractivity contribution in [1.82, 2.24) is 20.9 Å². The fourth-order valence-electron chi connectivity index (χ4n) is 3.87. The molecule has 0 aromatic carbocycles. The second kappa shape index (κ2) is 14.4. The van der Waals surface area contributed by atoms with Gasteiger partial charge in [0.15, 0.2) is 0 Å². The average molecular weight is 425 g/mol. The predicted octanol–water partition coefficient (Wildman–Crippen LogP) is 1.96. The first-order valence-corrected chi connectivity index (χ1v) is 10.1. The Kier molecular flexibility index (Phi) is 14.1. The third-order valence-electron chi connectivity index (χ3n) is 5.54. The van der Waals surface area contributed by atoms with Crippen LogP contribution in [0.15, 0.2) is 0 Å². The van der Waals surface area contributed by atoms with Gasteiger partial charge in [0, 0.05) is 32.1 Å². The Bertz CT molecular complexity index is 426. The molecule has 3 N–H and O–H groups in total. The SMILES string of the molecule is CCCNC(=O)CN1CCC(NC(=O)CC(C)C2CCCNC2)CC1.Cl.Cl. The van der Waals surface area contributed by atoms with Crippen LogP contribution in [0.4, 0.5) is 0 Å². The summed E-state index contributed by atoms with van der Waals surface area (Å²) in [5.74, 6) is 1.37. The molecular formula is C19H38Cl2N4O2. The fraction of sp³-hybridized carbons (Fsp3) is 0.895. The van der Waals surface area contributed by atoms with Gasteiger partial charge in [-0.15, -0.1) is 24.8 Å². The van der Waals surface area contributed by atoms with E-state index in [4.69, 9.17) is 0 Å². The molecule has 2 rings (SSSR count). The van der Waals surface area contributed by atoms with Gasteiger partial charge in [-0.3, -0.25) is 14.5 Å². The van der Waals surface area contributed by atoms with Gasteiger partial charge in [-0.1, -0.05) is 13.8 Å². The molecule has 0 radical (unpaired) electrons. The highest BCUT2D eigenvalue weighted by atomic mass is 35.5. The smallest absolute Gasteiger partial charge is 0.234 e. The van der Waals surface area contributed by atoms with Crippen molar-refractivity contribution in [1.29, 1.82) is 0 Å². The van der Waals surface area contributed by atoms with Crippen LogP contribution in [0.1, 0.15) is 52.4 Å². The van der Waals surface area contributed by atoms with Crippen molar-refractivity contribution in [3.05, 3.63) is 0 Å². The van der Waals surface area contributed by atoms with E-state index in [1.807, 2.05) is 0 Å². The minimum absolute atomic E-state index is 0. The number of hydrogen-bond donors (Lipinski definition) is 3. The van der Waals surface area contributed by atoms with E-state index in [9.17, 15) is 9.59 Å². The second-order valence-corrected chi connectivity index (χ2v) is 7.76. The summed E-state index contributed by atoms with van der Waals surface area (Å²) in [6, 6.07) is 0.263. The maximum absolute atomic E-state index is 12.3. The van der Waals surface area contributed by atoms with Gasteiger partial charge in [0.25, 0.3) is 0 Å². The van der Waals surface area contributed by atoms with Crippen LogP contribution in [0.3, 0.4) is 0 Å². The number of amides is 2. The zero-order chi connectivity index (χ0) is 18.1. The number of halogens is 2. The molecule has 6 nitrogen and oxygen atoms in total. The number of rotatable bonds is 8. The minimum Gasteiger partial charge on any atom is -0.355 e. The van der Waals surface area contributed by atoms with Gasteiger partial charge < -0.3 is 16.0 Å². The molecule has 2 unspecified atom stereocenters. The van der Waals surface area contributed by atoms with Gasteiger partial charge in [0.2, 0.25) is 11.8 Å².